The van der Waals surface area contributed by atoms with Crippen LogP contribution in [-0.2, 0) is 0 Å². The molecule has 0 aromatic rings. The van der Waals surface area contributed by atoms with E-state index in [0.29, 0.717) is 0 Å². The smallest absolute Gasteiger partial charge is 0.213 e. The second-order valence-electron chi connectivity index (χ2n) is 0.991. The highest BCUT2D eigenvalue weighted by Gasteiger charge is 2.17. The zero-order chi connectivity index (χ0) is 5.91. The molecule has 0 nitrogen and oxygen atoms in total. The molecule has 0 amide bonds. The van der Waals surface area contributed by atoms with Crippen LogP contribution in [0.4, 0.5) is 4.39 Å². The molecule has 1 unspecified atom stereocenters. The van der Waals surface area contributed by atoms with E-state index in [1.165, 1.54) is 23.5 Å². The first-order chi connectivity index (χ1) is 3.12. The maximum absolute atomic E-state index is 12.4. The van der Waals surface area contributed by atoms with Crippen LogP contribution in [0.2, 0.25) is 0 Å². The van der Waals surface area contributed by atoms with Crippen molar-refractivity contribution in [3.63, 3.8) is 0 Å². The van der Waals surface area contributed by atoms with Crippen molar-refractivity contribution in [1.82, 2.24) is 0 Å². The summed E-state index contributed by atoms with van der Waals surface area (Å²) in [7, 11) is 2.13. The summed E-state index contributed by atoms with van der Waals surface area (Å²) in [4.78, 5) is 0. The third kappa shape index (κ3) is 3.63. The number of thioether (sulfide) groups is 2. The van der Waals surface area contributed by atoms with Crippen LogP contribution in [0.5, 0.6) is 0 Å². The summed E-state index contributed by atoms with van der Waals surface area (Å²) in [6.45, 7) is 0. The lowest BCUT2D eigenvalue weighted by molar-refractivity contribution is 0.533. The van der Waals surface area contributed by atoms with E-state index in [1.807, 2.05) is 0 Å². The Balaban J connectivity index is 3.36. The molecule has 1 atom stereocenters. The Bertz CT molecular complexity index is 50.9. The Morgan fingerprint density at radius 2 is 1.71 bits per heavy atom. The lowest BCUT2D eigenvalue weighted by Crippen LogP contribution is -1.96. The Labute approximate surface area is 54.2 Å². The summed E-state index contributed by atoms with van der Waals surface area (Å²) in [6.07, 6.45) is 3.48. The fraction of sp³-hybridized carbons (Fsp3) is 1.00. The molecule has 44 valence electrons. The zero-order valence-corrected chi connectivity index (χ0v) is 7.06. The molecule has 7 heavy (non-hydrogen) atoms. The van der Waals surface area contributed by atoms with Gasteiger partial charge in [0.05, 0.1) is 0 Å². The van der Waals surface area contributed by atoms with Gasteiger partial charge in [-0.25, -0.2) is 4.39 Å². The number of hydrogen-bond acceptors (Lipinski definition) is 2. The first-order valence-corrected chi connectivity index (χ1v) is 4.73. The lowest BCUT2D eigenvalue weighted by Gasteiger charge is -2.11. The molecule has 0 spiro atoms. The number of rotatable bonds is 2. The van der Waals surface area contributed by atoms with Gasteiger partial charge in [-0.3, -0.25) is 0 Å². The van der Waals surface area contributed by atoms with Gasteiger partial charge in [0.15, 0.2) is 0 Å². The molecular weight excluding hydrogens is 150 g/mol. The first-order valence-electron chi connectivity index (χ1n) is 1.70. The van der Waals surface area contributed by atoms with Crippen molar-refractivity contribution in [3.05, 3.63) is 0 Å². The maximum atomic E-state index is 12.4. The van der Waals surface area contributed by atoms with Crippen LogP contribution < -0.4 is 0 Å². The van der Waals surface area contributed by atoms with E-state index in [1.54, 1.807) is 12.5 Å². The first kappa shape index (κ1) is 8.06. The van der Waals surface area contributed by atoms with Crippen molar-refractivity contribution in [2.24, 2.45) is 0 Å². The maximum Gasteiger partial charge on any atom is 0.213 e. The van der Waals surface area contributed by atoms with Gasteiger partial charge in [0.2, 0.25) is 4.07 Å². The normalized spacial score (nSPS) is 12.0. The van der Waals surface area contributed by atoms with Gasteiger partial charge in [-0.15, -0.1) is 23.5 Å². The van der Waals surface area contributed by atoms with E-state index >= 15 is 0 Å². The van der Waals surface area contributed by atoms with Crippen molar-refractivity contribution in [1.29, 1.82) is 0 Å². The van der Waals surface area contributed by atoms with Gasteiger partial charge in [-0.05, 0) is 12.5 Å². The third-order valence-electron chi connectivity index (χ3n) is 0.557. The van der Waals surface area contributed by atoms with Gasteiger partial charge in [0.25, 0.3) is 0 Å². The number of alkyl halides is 1. The summed E-state index contributed by atoms with van der Waals surface area (Å²) in [5.74, 6) is 0. The fourth-order valence-corrected chi connectivity index (χ4v) is 0.750. The van der Waals surface area contributed by atoms with Gasteiger partial charge in [0.1, 0.15) is 0 Å². The molecule has 0 saturated heterocycles. The molecule has 4 heteroatoms. The van der Waals surface area contributed by atoms with Gasteiger partial charge in [-0.1, -0.05) is 9.24 Å². The van der Waals surface area contributed by atoms with Gasteiger partial charge < -0.3 is 0 Å². The average molecular weight is 158 g/mol. The van der Waals surface area contributed by atoms with Crippen LogP contribution in [0.15, 0.2) is 0 Å². The summed E-state index contributed by atoms with van der Waals surface area (Å²) in [5, 5.41) is 0. The highest BCUT2D eigenvalue weighted by Crippen LogP contribution is 2.41. The molecule has 0 bridgehead atoms. The van der Waals surface area contributed by atoms with Crippen molar-refractivity contribution >= 4 is 32.8 Å². The van der Waals surface area contributed by atoms with Crippen molar-refractivity contribution in [2.45, 2.75) is 4.07 Å². The minimum atomic E-state index is -1.17. The number of hydrogen-bond donors (Lipinski definition) is 0. The molecule has 0 aromatic carbocycles. The molecule has 0 radical (unpaired) electrons. The van der Waals surface area contributed by atoms with Gasteiger partial charge in [-0.2, -0.15) is 0 Å². The molecule has 0 aliphatic rings. The monoisotopic (exact) mass is 158 g/mol. The molecule has 0 fully saturated rings. The summed E-state index contributed by atoms with van der Waals surface area (Å²) in [5.41, 5.74) is 0. The summed E-state index contributed by atoms with van der Waals surface area (Å²) < 4.78 is 11.3. The van der Waals surface area contributed by atoms with E-state index in [-0.39, 0.29) is 0 Å². The van der Waals surface area contributed by atoms with Crippen LogP contribution in [0, 0.1) is 0 Å². The second kappa shape index (κ2) is 3.16. The molecule has 0 heterocycles. The predicted molar refractivity (Wildman–Crippen MR) is 40.6 cm³/mol. The van der Waals surface area contributed by atoms with E-state index < -0.39 is 4.07 Å². The Hall–Kier alpha value is 1.06. The average Bonchev–Trinajstić information content (AvgIpc) is 1.68. The molecule has 0 saturated carbocycles. The topological polar surface area (TPSA) is 0 Å². The highest BCUT2D eigenvalue weighted by molar-refractivity contribution is 8.21. The highest BCUT2D eigenvalue weighted by atomic mass is 32.2. The predicted octanol–water partition coefficient (Wildman–Crippen LogP) is 2.17. The van der Waals surface area contributed by atoms with Gasteiger partial charge >= 0.3 is 0 Å². The fourth-order valence-electron chi connectivity index (χ4n) is 0.0833. The van der Waals surface area contributed by atoms with Gasteiger partial charge in [0, 0.05) is 0 Å². The molecule has 0 N–H and O–H groups in total. The Kier molecular flexibility index (Phi) is 3.64. The van der Waals surface area contributed by atoms with E-state index in [9.17, 15) is 4.39 Å². The minimum Gasteiger partial charge on any atom is -0.215 e. The quantitative estimate of drug-likeness (QED) is 0.446. The van der Waals surface area contributed by atoms with Crippen molar-refractivity contribution in [3.8, 4) is 0 Å². The molecule has 0 aromatic heterocycles. The number of halogens is 1. The van der Waals surface area contributed by atoms with Crippen LogP contribution >= 0.6 is 32.8 Å². The van der Waals surface area contributed by atoms with Crippen molar-refractivity contribution < 1.29 is 4.39 Å². The summed E-state index contributed by atoms with van der Waals surface area (Å²) in [6, 6.07) is 0. The molecule has 0 aliphatic heterocycles. The second-order valence-corrected chi connectivity index (χ2v) is 4.89. The van der Waals surface area contributed by atoms with E-state index in [0.717, 1.165) is 0 Å². The largest absolute Gasteiger partial charge is 0.215 e. The third-order valence-corrected chi connectivity index (χ3v) is 4.08. The van der Waals surface area contributed by atoms with Crippen LogP contribution in [0.1, 0.15) is 0 Å². The molecule has 0 aliphatic carbocycles. The molecule has 0 rings (SSSR count). The van der Waals surface area contributed by atoms with Crippen LogP contribution in [-0.4, -0.2) is 16.6 Å². The van der Waals surface area contributed by atoms with Crippen LogP contribution in [0.25, 0.3) is 0 Å². The van der Waals surface area contributed by atoms with Crippen molar-refractivity contribution in [2.75, 3.05) is 12.5 Å². The van der Waals surface area contributed by atoms with E-state index in [2.05, 4.69) is 9.24 Å². The Morgan fingerprint density at radius 1 is 1.43 bits per heavy atom. The molecular formula is C3H8FPS2. The zero-order valence-electron chi connectivity index (χ0n) is 4.27. The standard InChI is InChI=1S/C3H8FPS2/c1-6-3(4,5)7-2/h5H2,1-2H3. The van der Waals surface area contributed by atoms with Crippen LogP contribution in [0.3, 0.4) is 0 Å². The SMILES string of the molecule is CSC(F)(P)SC. The summed E-state index contributed by atoms with van der Waals surface area (Å²) >= 11 is 2.37. The Morgan fingerprint density at radius 3 is 1.71 bits per heavy atom. The minimum absolute atomic E-state index is 1.17. The lowest BCUT2D eigenvalue weighted by atomic mass is 11.7. The van der Waals surface area contributed by atoms with E-state index in [4.69, 9.17) is 0 Å².